The van der Waals surface area contributed by atoms with Crippen LogP contribution >= 0.6 is 27.7 Å². The Bertz CT molecular complexity index is 1320. The molecule has 1 aromatic heterocycles. The lowest BCUT2D eigenvalue weighted by Gasteiger charge is -2.20. The average molecular weight is 553 g/mol. The van der Waals surface area contributed by atoms with Crippen molar-refractivity contribution in [2.45, 2.75) is 29.3 Å². The molecule has 0 aliphatic rings. The van der Waals surface area contributed by atoms with Gasteiger partial charge >= 0.3 is 23.1 Å². The lowest BCUT2D eigenvalue weighted by Crippen LogP contribution is -2.47. The normalized spacial score (nSPS) is 12.2. The molecule has 1 heterocycles. The maximum Gasteiger partial charge on any atom is 0.377 e. The first-order valence-electron chi connectivity index (χ1n) is 9.53. The molecule has 3 rings (SSSR count). The van der Waals surface area contributed by atoms with Crippen molar-refractivity contribution >= 4 is 56.3 Å². The largest absolute Gasteiger partial charge is 0.481 e. The van der Waals surface area contributed by atoms with Crippen LogP contribution in [0.2, 0.25) is 0 Å². The van der Waals surface area contributed by atoms with E-state index in [-0.39, 0.29) is 16.9 Å². The summed E-state index contributed by atoms with van der Waals surface area (Å²) < 4.78 is 31.2. The quantitative estimate of drug-likeness (QED) is 0.340. The van der Waals surface area contributed by atoms with Crippen molar-refractivity contribution in [3.63, 3.8) is 0 Å². The summed E-state index contributed by atoms with van der Waals surface area (Å²) in [6.07, 6.45) is 0.0733. The highest BCUT2D eigenvalue weighted by Crippen LogP contribution is 2.39. The zero-order chi connectivity index (χ0) is 25.0. The van der Waals surface area contributed by atoms with E-state index >= 15 is 0 Å². The number of carboxylic acids is 2. The van der Waals surface area contributed by atoms with Gasteiger partial charge in [0.05, 0.1) is 23.5 Å². The van der Waals surface area contributed by atoms with Gasteiger partial charge in [0.2, 0.25) is 0 Å². The fraction of sp³-hybridized carbons (Fsp3) is 0.190. The average Bonchev–Trinajstić information content (AvgIpc) is 3.14. The molecule has 0 saturated heterocycles. The Balaban J connectivity index is 1.93. The number of benzene rings is 2. The van der Waals surface area contributed by atoms with E-state index in [4.69, 9.17) is 10.2 Å². The number of aliphatic carboxylic acids is 2. The number of aromatic nitrogens is 2. The molecule has 1 atom stereocenters. The predicted molar refractivity (Wildman–Crippen MR) is 121 cm³/mol. The number of fused-ring (bicyclic) bond motifs is 1. The van der Waals surface area contributed by atoms with Gasteiger partial charge in [-0.2, -0.15) is 14.0 Å². The number of hydrogen-bond donors (Lipinski definition) is 3. The minimum Gasteiger partial charge on any atom is -0.481 e. The summed E-state index contributed by atoms with van der Waals surface area (Å²) in [6, 6.07) is 10.2. The van der Waals surface area contributed by atoms with E-state index in [0.29, 0.717) is 26.6 Å². The third-order valence-corrected chi connectivity index (χ3v) is 6.15. The van der Waals surface area contributed by atoms with Gasteiger partial charge in [-0.1, -0.05) is 24.3 Å². The van der Waals surface area contributed by atoms with Crippen LogP contribution in [0.3, 0.4) is 0 Å². The Hall–Kier alpha value is -3.50. The number of rotatable bonds is 9. The molecule has 0 fully saturated rings. The molecule has 176 valence electrons. The fourth-order valence-electron chi connectivity index (χ4n) is 3.11. The molecule has 0 spiro atoms. The van der Waals surface area contributed by atoms with Crippen molar-refractivity contribution in [1.29, 1.82) is 5.26 Å². The maximum atomic E-state index is 14.8. The van der Waals surface area contributed by atoms with E-state index in [9.17, 15) is 28.4 Å². The second-order valence-corrected chi connectivity index (χ2v) is 8.80. The first-order chi connectivity index (χ1) is 16.0. The van der Waals surface area contributed by atoms with E-state index in [0.717, 1.165) is 0 Å². The standard InChI is InChI=1S/C21H15BrF2N4O5S/c22-16-10-26-20(28(16)15-7-5-11(9-25)12-3-1-2-4-13(12)15)34-21(23,24)19(33)27-14(18(31)32)6-8-17(29)30/h1-5,7,10,14H,6,8H2,(H,27,33)(H,29,30)(H,31,32). The lowest BCUT2D eigenvalue weighted by molar-refractivity contribution is -0.146. The number of imidazole rings is 1. The van der Waals surface area contributed by atoms with Crippen molar-refractivity contribution in [2.75, 3.05) is 0 Å². The van der Waals surface area contributed by atoms with Crippen LogP contribution in [0.1, 0.15) is 18.4 Å². The maximum absolute atomic E-state index is 14.8. The summed E-state index contributed by atoms with van der Waals surface area (Å²) in [6.45, 7) is 0. The minimum atomic E-state index is -4.14. The van der Waals surface area contributed by atoms with Crippen molar-refractivity contribution < 1.29 is 33.4 Å². The zero-order valence-corrected chi connectivity index (χ0v) is 19.4. The molecule has 0 aliphatic carbocycles. The van der Waals surface area contributed by atoms with Gasteiger partial charge in [0.25, 0.3) is 0 Å². The number of nitrogens with zero attached hydrogens (tertiary/aromatic N) is 3. The molecule has 34 heavy (non-hydrogen) atoms. The van der Waals surface area contributed by atoms with Gasteiger partial charge in [-0.05, 0) is 46.2 Å². The molecule has 1 amide bonds. The summed E-state index contributed by atoms with van der Waals surface area (Å²) >= 11 is 3.05. The monoisotopic (exact) mass is 552 g/mol. The molecular weight excluding hydrogens is 538 g/mol. The number of carboxylic acid groups (broad SMARTS) is 2. The molecule has 3 aromatic rings. The Morgan fingerprint density at radius 2 is 1.88 bits per heavy atom. The van der Waals surface area contributed by atoms with Crippen molar-refractivity contribution in [2.24, 2.45) is 0 Å². The van der Waals surface area contributed by atoms with E-state index in [1.165, 1.54) is 16.8 Å². The van der Waals surface area contributed by atoms with Gasteiger partial charge in [-0.3, -0.25) is 14.2 Å². The Kier molecular flexibility index (Phi) is 7.53. The van der Waals surface area contributed by atoms with E-state index < -0.39 is 42.0 Å². The van der Waals surface area contributed by atoms with Gasteiger partial charge in [0.15, 0.2) is 5.16 Å². The van der Waals surface area contributed by atoms with Gasteiger partial charge in [-0.25, -0.2) is 9.78 Å². The van der Waals surface area contributed by atoms with Gasteiger partial charge in [0.1, 0.15) is 10.6 Å². The van der Waals surface area contributed by atoms with Crippen LogP contribution < -0.4 is 5.32 Å². The summed E-state index contributed by atoms with van der Waals surface area (Å²) in [5, 5.41) is 25.6. The molecule has 9 nitrogen and oxygen atoms in total. The first kappa shape index (κ1) is 25.1. The highest BCUT2D eigenvalue weighted by molar-refractivity contribution is 9.10. The topological polar surface area (TPSA) is 145 Å². The van der Waals surface area contributed by atoms with Crippen LogP contribution in [0.25, 0.3) is 16.5 Å². The summed E-state index contributed by atoms with van der Waals surface area (Å²) in [5.74, 6) is -4.86. The number of thioether (sulfide) groups is 1. The third kappa shape index (κ3) is 5.35. The third-order valence-electron chi connectivity index (χ3n) is 4.68. The van der Waals surface area contributed by atoms with Crippen molar-refractivity contribution in [1.82, 2.24) is 14.9 Å². The molecule has 13 heteroatoms. The first-order valence-corrected chi connectivity index (χ1v) is 11.1. The summed E-state index contributed by atoms with van der Waals surface area (Å²) in [5.41, 5.74) is 0.804. The van der Waals surface area contributed by atoms with E-state index in [2.05, 4.69) is 27.0 Å². The molecular formula is C21H15BrF2N4O5S. The summed E-state index contributed by atoms with van der Waals surface area (Å²) in [4.78, 5) is 38.1. The SMILES string of the molecule is N#Cc1ccc(-n2c(Br)cnc2SC(F)(F)C(=O)NC(CCC(=O)O)C(=O)O)c2ccccc12. The van der Waals surface area contributed by atoms with E-state index in [1.807, 2.05) is 0 Å². The molecule has 0 aliphatic heterocycles. The van der Waals surface area contributed by atoms with Gasteiger partial charge in [0, 0.05) is 17.2 Å². The van der Waals surface area contributed by atoms with Crippen molar-refractivity contribution in [3.8, 4) is 11.8 Å². The van der Waals surface area contributed by atoms with Crippen LogP contribution in [0.4, 0.5) is 8.78 Å². The second-order valence-electron chi connectivity index (χ2n) is 6.90. The minimum absolute atomic E-state index is 0.205. The molecule has 0 saturated carbocycles. The fourth-order valence-corrected chi connectivity index (χ4v) is 4.46. The smallest absolute Gasteiger partial charge is 0.377 e. The highest BCUT2D eigenvalue weighted by atomic mass is 79.9. The van der Waals surface area contributed by atoms with Crippen LogP contribution in [-0.2, 0) is 14.4 Å². The molecule has 3 N–H and O–H groups in total. The number of carbonyl (C=O) groups excluding carboxylic acids is 1. The van der Waals surface area contributed by atoms with Crippen LogP contribution in [0.5, 0.6) is 0 Å². The molecule has 0 radical (unpaired) electrons. The number of carbonyl (C=O) groups is 3. The molecule has 2 aromatic carbocycles. The number of halogens is 3. The number of nitrogens with one attached hydrogen (secondary N) is 1. The van der Waals surface area contributed by atoms with Gasteiger partial charge in [-0.15, -0.1) is 0 Å². The second kappa shape index (κ2) is 10.2. The number of nitriles is 1. The number of amides is 1. The highest BCUT2D eigenvalue weighted by Gasteiger charge is 2.43. The lowest BCUT2D eigenvalue weighted by atomic mass is 10.0. The predicted octanol–water partition coefficient (Wildman–Crippen LogP) is 3.78. The molecule has 1 unspecified atom stereocenters. The van der Waals surface area contributed by atoms with Crippen LogP contribution in [0, 0.1) is 11.3 Å². The van der Waals surface area contributed by atoms with Gasteiger partial charge < -0.3 is 15.5 Å². The van der Waals surface area contributed by atoms with Crippen molar-refractivity contribution in [3.05, 3.63) is 52.8 Å². The Labute approximate surface area is 203 Å². The molecule has 0 bridgehead atoms. The number of hydrogen-bond acceptors (Lipinski definition) is 6. The van der Waals surface area contributed by atoms with Crippen LogP contribution in [-0.4, -0.2) is 48.9 Å². The Morgan fingerprint density at radius 1 is 1.21 bits per heavy atom. The Morgan fingerprint density at radius 3 is 2.50 bits per heavy atom. The van der Waals surface area contributed by atoms with Crippen LogP contribution in [0.15, 0.2) is 52.4 Å². The number of alkyl halides is 2. The zero-order valence-electron chi connectivity index (χ0n) is 17.0. The summed E-state index contributed by atoms with van der Waals surface area (Å²) in [7, 11) is 0. The van der Waals surface area contributed by atoms with E-state index in [1.54, 1.807) is 35.6 Å².